The molecule has 0 unspecified atom stereocenters. The predicted molar refractivity (Wildman–Crippen MR) is 62.8 cm³/mol. The lowest BCUT2D eigenvalue weighted by Gasteiger charge is -2.00. The van der Waals surface area contributed by atoms with Crippen LogP contribution in [0.3, 0.4) is 0 Å². The maximum absolute atomic E-state index is 11.9. The van der Waals surface area contributed by atoms with Crippen LogP contribution in [0.2, 0.25) is 0 Å². The number of hydrogen-bond acceptors (Lipinski definition) is 4. The minimum Gasteiger partial charge on any atom is -0.245 e. The van der Waals surface area contributed by atoms with Crippen LogP contribution in [0.4, 0.5) is 0 Å². The third kappa shape index (κ3) is 1.32. The lowest BCUT2D eigenvalue weighted by atomic mass is 10.1. The zero-order valence-electron chi connectivity index (χ0n) is 8.12. The number of benzene rings is 1. The Morgan fingerprint density at radius 1 is 1.19 bits per heavy atom. The van der Waals surface area contributed by atoms with E-state index in [0.29, 0.717) is 10.5 Å². The van der Waals surface area contributed by atoms with Crippen molar-refractivity contribution in [2.45, 2.75) is 4.90 Å². The van der Waals surface area contributed by atoms with Gasteiger partial charge < -0.3 is 0 Å². The Labute approximate surface area is 97.0 Å². The van der Waals surface area contributed by atoms with Gasteiger partial charge in [0.1, 0.15) is 0 Å². The summed E-state index contributed by atoms with van der Waals surface area (Å²) in [5.41, 5.74) is 3.85. The van der Waals surface area contributed by atoms with E-state index in [4.69, 9.17) is 0 Å². The van der Waals surface area contributed by atoms with E-state index in [-0.39, 0.29) is 0 Å². The molecule has 0 N–H and O–H groups in total. The van der Waals surface area contributed by atoms with E-state index in [1.165, 1.54) is 16.7 Å². The molecule has 1 aliphatic heterocycles. The van der Waals surface area contributed by atoms with Gasteiger partial charge in [-0.1, -0.05) is 18.2 Å². The monoisotopic (exact) mass is 249 g/mol. The molecule has 16 heavy (non-hydrogen) atoms. The first kappa shape index (κ1) is 9.74. The molecule has 0 saturated heterocycles. The van der Waals surface area contributed by atoms with Crippen LogP contribution >= 0.6 is 11.3 Å². The molecular formula is C11H7NO2S2. The van der Waals surface area contributed by atoms with Crippen molar-refractivity contribution in [1.29, 1.82) is 0 Å². The summed E-state index contributed by atoms with van der Waals surface area (Å²) in [6, 6.07) is 7.00. The van der Waals surface area contributed by atoms with Crippen LogP contribution in [0.25, 0.3) is 5.57 Å². The summed E-state index contributed by atoms with van der Waals surface area (Å²) >= 11 is 1.45. The normalized spacial score (nSPS) is 16.9. The summed E-state index contributed by atoms with van der Waals surface area (Å²) in [5.74, 6) is 0. The van der Waals surface area contributed by atoms with E-state index < -0.39 is 9.84 Å². The third-order valence-corrected chi connectivity index (χ3v) is 4.57. The van der Waals surface area contributed by atoms with Gasteiger partial charge in [0.05, 0.1) is 16.1 Å². The Morgan fingerprint density at radius 3 is 2.75 bits per heavy atom. The molecule has 0 saturated carbocycles. The van der Waals surface area contributed by atoms with Gasteiger partial charge in [-0.05, 0) is 6.07 Å². The molecule has 3 rings (SSSR count). The summed E-state index contributed by atoms with van der Waals surface area (Å²) in [4.78, 5) is 4.52. The van der Waals surface area contributed by atoms with Gasteiger partial charge in [-0.15, -0.1) is 11.3 Å². The van der Waals surface area contributed by atoms with Gasteiger partial charge in [0.15, 0.2) is 0 Å². The minimum atomic E-state index is -3.28. The number of thiazole rings is 1. The van der Waals surface area contributed by atoms with Crippen LogP contribution in [0.1, 0.15) is 11.3 Å². The van der Waals surface area contributed by atoms with Gasteiger partial charge in [0, 0.05) is 21.9 Å². The molecule has 2 aromatic rings. The average molecular weight is 249 g/mol. The Bertz CT molecular complexity index is 670. The van der Waals surface area contributed by atoms with Gasteiger partial charge in [-0.25, -0.2) is 13.4 Å². The zero-order valence-corrected chi connectivity index (χ0v) is 9.75. The van der Waals surface area contributed by atoms with E-state index in [1.54, 1.807) is 17.6 Å². The minimum absolute atomic E-state index is 0.373. The Kier molecular flexibility index (Phi) is 1.99. The lowest BCUT2D eigenvalue weighted by Crippen LogP contribution is -1.92. The summed E-state index contributed by atoms with van der Waals surface area (Å²) in [6.07, 6.45) is 0. The highest BCUT2D eigenvalue weighted by Gasteiger charge is 2.27. The van der Waals surface area contributed by atoms with Crippen molar-refractivity contribution in [2.75, 3.05) is 0 Å². The van der Waals surface area contributed by atoms with Crippen molar-refractivity contribution in [2.24, 2.45) is 0 Å². The van der Waals surface area contributed by atoms with E-state index in [9.17, 15) is 8.42 Å². The standard InChI is InChI=1S/C11H7NO2S2/c13-16(14)6-9(10-5-15-7-12-10)8-3-1-2-4-11(8)16/h1-7H. The fourth-order valence-electron chi connectivity index (χ4n) is 1.76. The van der Waals surface area contributed by atoms with Crippen LogP contribution in [-0.4, -0.2) is 13.4 Å². The molecule has 80 valence electrons. The number of fused-ring (bicyclic) bond motifs is 1. The van der Waals surface area contributed by atoms with Crippen LogP contribution in [0, 0.1) is 0 Å². The average Bonchev–Trinajstić information content (AvgIpc) is 2.86. The van der Waals surface area contributed by atoms with E-state index in [2.05, 4.69) is 4.98 Å². The summed E-state index contributed by atoms with van der Waals surface area (Å²) in [6.45, 7) is 0. The van der Waals surface area contributed by atoms with Gasteiger partial charge in [-0.2, -0.15) is 0 Å². The van der Waals surface area contributed by atoms with Crippen LogP contribution in [-0.2, 0) is 9.84 Å². The van der Waals surface area contributed by atoms with Crippen LogP contribution in [0.5, 0.6) is 0 Å². The molecule has 0 fully saturated rings. The summed E-state index contributed by atoms with van der Waals surface area (Å²) < 4.78 is 23.7. The lowest BCUT2D eigenvalue weighted by molar-refractivity contribution is 0.605. The second-order valence-corrected chi connectivity index (χ2v) is 5.93. The topological polar surface area (TPSA) is 47.0 Å². The zero-order chi connectivity index (χ0) is 11.2. The number of hydrogen-bond donors (Lipinski definition) is 0. The van der Waals surface area contributed by atoms with Gasteiger partial charge in [0.25, 0.3) is 0 Å². The molecule has 0 atom stereocenters. The Balaban J connectivity index is 2.31. The molecular weight excluding hydrogens is 242 g/mol. The number of nitrogens with zero attached hydrogens (tertiary/aromatic N) is 1. The molecule has 1 aliphatic rings. The third-order valence-electron chi connectivity index (χ3n) is 2.47. The van der Waals surface area contributed by atoms with Crippen molar-refractivity contribution in [3.8, 4) is 0 Å². The largest absolute Gasteiger partial charge is 0.245 e. The van der Waals surface area contributed by atoms with Crippen molar-refractivity contribution in [3.63, 3.8) is 0 Å². The van der Waals surface area contributed by atoms with Gasteiger partial charge in [0.2, 0.25) is 9.84 Å². The fourth-order valence-corrected chi connectivity index (χ4v) is 3.75. The molecule has 0 bridgehead atoms. The second-order valence-electron chi connectivity index (χ2n) is 3.45. The Morgan fingerprint density at radius 2 is 2.00 bits per heavy atom. The first-order valence-electron chi connectivity index (χ1n) is 4.63. The second kappa shape index (κ2) is 3.26. The van der Waals surface area contributed by atoms with Crippen LogP contribution < -0.4 is 0 Å². The van der Waals surface area contributed by atoms with Crippen molar-refractivity contribution >= 4 is 26.7 Å². The molecule has 0 spiro atoms. The van der Waals surface area contributed by atoms with Crippen molar-refractivity contribution in [1.82, 2.24) is 4.98 Å². The highest BCUT2D eigenvalue weighted by molar-refractivity contribution is 7.95. The SMILES string of the molecule is O=S1(=O)C=C(c2cscn2)c2ccccc21. The quantitative estimate of drug-likeness (QED) is 0.779. The van der Waals surface area contributed by atoms with Gasteiger partial charge in [-0.3, -0.25) is 0 Å². The maximum Gasteiger partial charge on any atom is 0.201 e. The Hall–Kier alpha value is -1.46. The maximum atomic E-state index is 11.9. The first-order chi connectivity index (χ1) is 7.68. The smallest absolute Gasteiger partial charge is 0.201 e. The molecule has 5 heteroatoms. The molecule has 1 aromatic heterocycles. The number of sulfone groups is 1. The predicted octanol–water partition coefficient (Wildman–Crippen LogP) is 2.32. The van der Waals surface area contributed by atoms with Crippen molar-refractivity contribution < 1.29 is 8.42 Å². The summed E-state index contributed by atoms with van der Waals surface area (Å²) in [7, 11) is -3.28. The summed E-state index contributed by atoms with van der Waals surface area (Å²) in [5, 5.41) is 3.15. The molecule has 0 amide bonds. The molecule has 3 nitrogen and oxygen atoms in total. The van der Waals surface area contributed by atoms with Crippen molar-refractivity contribution in [3.05, 3.63) is 51.8 Å². The van der Waals surface area contributed by atoms with E-state index in [1.807, 2.05) is 17.5 Å². The first-order valence-corrected chi connectivity index (χ1v) is 7.12. The van der Waals surface area contributed by atoms with Crippen LogP contribution in [0.15, 0.2) is 45.5 Å². The molecule has 1 aromatic carbocycles. The highest BCUT2D eigenvalue weighted by atomic mass is 32.2. The highest BCUT2D eigenvalue weighted by Crippen LogP contribution is 2.36. The molecule has 0 radical (unpaired) electrons. The van der Waals surface area contributed by atoms with E-state index >= 15 is 0 Å². The fraction of sp³-hybridized carbons (Fsp3) is 0. The number of rotatable bonds is 1. The molecule has 0 aliphatic carbocycles. The van der Waals surface area contributed by atoms with E-state index in [0.717, 1.165) is 11.3 Å². The van der Waals surface area contributed by atoms with Gasteiger partial charge >= 0.3 is 0 Å². The number of aromatic nitrogens is 1. The molecule has 2 heterocycles.